The van der Waals surface area contributed by atoms with E-state index in [0.717, 1.165) is 19.4 Å². The van der Waals surface area contributed by atoms with Gasteiger partial charge in [-0.2, -0.15) is 0 Å². The Balaban J connectivity index is 2.11. The summed E-state index contributed by atoms with van der Waals surface area (Å²) in [5.41, 5.74) is 12.9. The summed E-state index contributed by atoms with van der Waals surface area (Å²) in [6, 6.07) is 10.2. The Hall–Kier alpha value is -2.04. The number of rotatable bonds is 11. The number of hydrogen-bond acceptors (Lipinski definition) is 2. The first-order valence-electron chi connectivity index (χ1n) is 9.13. The highest BCUT2D eigenvalue weighted by atomic mass is 15.2. The van der Waals surface area contributed by atoms with Crippen LogP contribution in [0.25, 0.3) is 0 Å². The molecule has 0 aliphatic rings. The molecule has 0 aliphatic carbocycles. The van der Waals surface area contributed by atoms with Crippen LogP contribution in [0.4, 0.5) is 0 Å². The Labute approximate surface area is 146 Å². The fourth-order valence-electron chi connectivity index (χ4n) is 2.43. The third-order valence-electron chi connectivity index (χ3n) is 3.83. The minimum Gasteiger partial charge on any atom is -0.370 e. The quantitative estimate of drug-likeness (QED) is 0.330. The lowest BCUT2D eigenvalue weighted by Gasteiger charge is -2.05. The van der Waals surface area contributed by atoms with Crippen molar-refractivity contribution >= 4 is 11.9 Å². The maximum atomic E-state index is 5.82. The molecule has 0 bridgehead atoms. The number of aliphatic imine (C=N–C) groups is 2. The van der Waals surface area contributed by atoms with Gasteiger partial charge in [-0.3, -0.25) is 15.3 Å². The molecule has 5 N–H and O–H groups in total. The van der Waals surface area contributed by atoms with Crippen LogP contribution in [0.3, 0.4) is 0 Å². The summed E-state index contributed by atoms with van der Waals surface area (Å²) in [4.78, 5) is 8.55. The Morgan fingerprint density at radius 3 is 2.08 bits per heavy atom. The largest absolute Gasteiger partial charge is 0.370 e. The Bertz CT molecular complexity index is 482. The monoisotopic (exact) mass is 331 g/mol. The standard InChI is InChI=1S/C19H33N5/c1-2-3-4-5-6-7-11-15-22-18(20)24-19(21)23-16-14-17-12-9-8-10-13-17/h8-10,12-13H,2-7,11,14-16H2,1H3,(H5,20,21,22,23,24). The second kappa shape index (κ2) is 13.4. The van der Waals surface area contributed by atoms with Crippen molar-refractivity contribution in [2.75, 3.05) is 13.1 Å². The van der Waals surface area contributed by atoms with Crippen LogP contribution in [0.2, 0.25) is 0 Å². The van der Waals surface area contributed by atoms with E-state index < -0.39 is 0 Å². The van der Waals surface area contributed by atoms with Gasteiger partial charge in [-0.25, -0.2) is 0 Å². The van der Waals surface area contributed by atoms with Crippen molar-refractivity contribution in [3.63, 3.8) is 0 Å². The molecule has 0 aliphatic heterocycles. The molecule has 0 aromatic heterocycles. The highest BCUT2D eigenvalue weighted by Crippen LogP contribution is 2.06. The smallest absolute Gasteiger partial charge is 0.195 e. The SMILES string of the molecule is CCCCCCCCCN=C(N)NC(N)=NCCc1ccccc1. The maximum Gasteiger partial charge on any atom is 0.195 e. The van der Waals surface area contributed by atoms with Crippen LogP contribution in [0.5, 0.6) is 0 Å². The molecule has 24 heavy (non-hydrogen) atoms. The zero-order valence-corrected chi connectivity index (χ0v) is 15.0. The minimum atomic E-state index is 0.326. The summed E-state index contributed by atoms with van der Waals surface area (Å²) in [7, 11) is 0. The van der Waals surface area contributed by atoms with Gasteiger partial charge in [0.25, 0.3) is 0 Å². The van der Waals surface area contributed by atoms with E-state index in [0.29, 0.717) is 18.5 Å². The lowest BCUT2D eigenvalue weighted by Crippen LogP contribution is -2.41. The number of nitrogens with one attached hydrogen (secondary N) is 1. The molecule has 1 aromatic rings. The van der Waals surface area contributed by atoms with Crippen molar-refractivity contribution in [1.29, 1.82) is 0 Å². The predicted octanol–water partition coefficient (Wildman–Crippen LogP) is 3.20. The number of nitrogens with two attached hydrogens (primary N) is 2. The van der Waals surface area contributed by atoms with Crippen molar-refractivity contribution in [3.05, 3.63) is 35.9 Å². The van der Waals surface area contributed by atoms with Crippen LogP contribution in [-0.2, 0) is 6.42 Å². The molecule has 0 saturated carbocycles. The van der Waals surface area contributed by atoms with Crippen LogP contribution >= 0.6 is 0 Å². The molecule has 5 heteroatoms. The summed E-state index contributed by atoms with van der Waals surface area (Å²) >= 11 is 0. The highest BCUT2D eigenvalue weighted by molar-refractivity contribution is 5.97. The molecule has 134 valence electrons. The molecule has 0 radical (unpaired) electrons. The van der Waals surface area contributed by atoms with E-state index in [1.54, 1.807) is 0 Å². The molecule has 0 spiro atoms. The Morgan fingerprint density at radius 2 is 1.42 bits per heavy atom. The molecular formula is C19H33N5. The lowest BCUT2D eigenvalue weighted by molar-refractivity contribution is 0.593. The van der Waals surface area contributed by atoms with Crippen LogP contribution in [0.15, 0.2) is 40.3 Å². The zero-order valence-electron chi connectivity index (χ0n) is 15.0. The molecule has 0 amide bonds. The highest BCUT2D eigenvalue weighted by Gasteiger charge is 1.96. The van der Waals surface area contributed by atoms with Gasteiger partial charge < -0.3 is 11.5 Å². The van der Waals surface area contributed by atoms with Crippen LogP contribution in [0, 0.1) is 0 Å². The summed E-state index contributed by atoms with van der Waals surface area (Å²) in [6.07, 6.45) is 9.73. The first-order valence-corrected chi connectivity index (χ1v) is 9.13. The molecule has 1 aromatic carbocycles. The fraction of sp³-hybridized carbons (Fsp3) is 0.579. The molecule has 0 unspecified atom stereocenters. The molecule has 5 nitrogen and oxygen atoms in total. The van der Waals surface area contributed by atoms with Gasteiger partial charge in [0.2, 0.25) is 0 Å². The zero-order chi connectivity index (χ0) is 17.5. The molecule has 1 rings (SSSR count). The first-order chi connectivity index (χ1) is 11.7. The Kier molecular flexibility index (Phi) is 11.2. The lowest BCUT2D eigenvalue weighted by atomic mass is 10.1. The van der Waals surface area contributed by atoms with Crippen molar-refractivity contribution in [2.45, 2.75) is 58.3 Å². The molecule has 0 saturated heterocycles. The second-order valence-corrected chi connectivity index (χ2v) is 6.02. The second-order valence-electron chi connectivity index (χ2n) is 6.02. The van der Waals surface area contributed by atoms with Gasteiger partial charge >= 0.3 is 0 Å². The fourth-order valence-corrected chi connectivity index (χ4v) is 2.43. The number of benzene rings is 1. The summed E-state index contributed by atoms with van der Waals surface area (Å²) < 4.78 is 0. The third-order valence-corrected chi connectivity index (χ3v) is 3.83. The summed E-state index contributed by atoms with van der Waals surface area (Å²) in [5, 5.41) is 2.84. The van der Waals surface area contributed by atoms with Gasteiger partial charge in [-0.1, -0.05) is 75.8 Å². The van der Waals surface area contributed by atoms with E-state index in [2.05, 4.69) is 34.4 Å². The van der Waals surface area contributed by atoms with Crippen molar-refractivity contribution in [1.82, 2.24) is 5.32 Å². The van der Waals surface area contributed by atoms with Crippen LogP contribution < -0.4 is 16.8 Å². The molecular weight excluding hydrogens is 298 g/mol. The van der Waals surface area contributed by atoms with E-state index in [1.165, 1.54) is 44.1 Å². The van der Waals surface area contributed by atoms with Gasteiger partial charge in [-0.05, 0) is 18.4 Å². The number of nitrogens with zero attached hydrogens (tertiary/aromatic N) is 2. The third kappa shape index (κ3) is 10.6. The van der Waals surface area contributed by atoms with Gasteiger partial charge in [0.1, 0.15) is 0 Å². The van der Waals surface area contributed by atoms with Crippen molar-refractivity contribution in [3.8, 4) is 0 Å². The van der Waals surface area contributed by atoms with Gasteiger partial charge in [0.05, 0.1) is 0 Å². The van der Waals surface area contributed by atoms with Crippen molar-refractivity contribution in [2.24, 2.45) is 21.5 Å². The van der Waals surface area contributed by atoms with Gasteiger partial charge in [0.15, 0.2) is 11.9 Å². The van der Waals surface area contributed by atoms with E-state index in [4.69, 9.17) is 11.5 Å². The first kappa shape index (κ1) is 20.0. The number of unbranched alkanes of at least 4 members (excludes halogenated alkanes) is 6. The average molecular weight is 332 g/mol. The number of guanidine groups is 2. The van der Waals surface area contributed by atoms with Crippen molar-refractivity contribution < 1.29 is 0 Å². The maximum absolute atomic E-state index is 5.82. The normalized spacial score (nSPS) is 12.4. The summed E-state index contributed by atoms with van der Waals surface area (Å²) in [5.74, 6) is 0.675. The van der Waals surface area contributed by atoms with E-state index in [1.807, 2.05) is 18.2 Å². The summed E-state index contributed by atoms with van der Waals surface area (Å²) in [6.45, 7) is 3.61. The van der Waals surface area contributed by atoms with Crippen LogP contribution in [-0.4, -0.2) is 25.0 Å². The van der Waals surface area contributed by atoms with E-state index >= 15 is 0 Å². The predicted molar refractivity (Wildman–Crippen MR) is 104 cm³/mol. The average Bonchev–Trinajstić information content (AvgIpc) is 2.58. The van der Waals surface area contributed by atoms with Gasteiger partial charge in [0, 0.05) is 13.1 Å². The van der Waals surface area contributed by atoms with E-state index in [9.17, 15) is 0 Å². The number of hydrogen-bond donors (Lipinski definition) is 3. The minimum absolute atomic E-state index is 0.326. The Morgan fingerprint density at radius 1 is 0.833 bits per heavy atom. The molecule has 0 fully saturated rings. The van der Waals surface area contributed by atoms with Gasteiger partial charge in [-0.15, -0.1) is 0 Å². The topological polar surface area (TPSA) is 88.8 Å². The van der Waals surface area contributed by atoms with Crippen LogP contribution in [0.1, 0.15) is 57.4 Å². The molecule has 0 heterocycles. The van der Waals surface area contributed by atoms with E-state index in [-0.39, 0.29) is 0 Å². The molecule has 0 atom stereocenters.